The van der Waals surface area contributed by atoms with Crippen LogP contribution >= 0.6 is 11.6 Å². The van der Waals surface area contributed by atoms with E-state index >= 15 is 0 Å². The van der Waals surface area contributed by atoms with Crippen LogP contribution in [0.4, 0.5) is 18.9 Å². The maximum absolute atomic E-state index is 13.2. The number of alkyl halides is 3. The molecule has 2 aliphatic rings. The lowest BCUT2D eigenvalue weighted by atomic mass is 9.77. The van der Waals surface area contributed by atoms with Gasteiger partial charge in [0.1, 0.15) is 0 Å². The van der Waals surface area contributed by atoms with Crippen LogP contribution in [0.2, 0.25) is 5.02 Å². The normalized spacial score (nSPS) is 20.1. The summed E-state index contributed by atoms with van der Waals surface area (Å²) in [4.78, 5) is 27.1. The van der Waals surface area contributed by atoms with E-state index < -0.39 is 17.7 Å². The van der Waals surface area contributed by atoms with Crippen LogP contribution in [0.1, 0.15) is 42.7 Å². The van der Waals surface area contributed by atoms with E-state index in [1.807, 2.05) is 6.07 Å². The summed E-state index contributed by atoms with van der Waals surface area (Å²) in [5.74, 6) is -0.838. The van der Waals surface area contributed by atoms with Crippen LogP contribution in [0, 0.1) is 0 Å². The Labute approximate surface area is 170 Å². The molecular formula is C22H17ClF3NO2. The van der Waals surface area contributed by atoms with Crippen molar-refractivity contribution in [3.05, 3.63) is 76.0 Å². The first kappa shape index (κ1) is 19.7. The van der Waals surface area contributed by atoms with Crippen molar-refractivity contribution < 1.29 is 22.8 Å². The topological polar surface area (TPSA) is 37.4 Å². The predicted octanol–water partition coefficient (Wildman–Crippen LogP) is 5.89. The molecule has 0 fully saturated rings. The van der Waals surface area contributed by atoms with Gasteiger partial charge in [0.25, 0.3) is 0 Å². The van der Waals surface area contributed by atoms with Gasteiger partial charge in [-0.2, -0.15) is 13.2 Å². The Kier molecular flexibility index (Phi) is 4.99. The van der Waals surface area contributed by atoms with E-state index in [0.29, 0.717) is 35.6 Å². The fraction of sp³-hybridized carbons (Fsp3) is 0.273. The number of halogens is 4. The maximum Gasteiger partial charge on any atom is 0.416 e. The Morgan fingerprint density at radius 2 is 1.76 bits per heavy atom. The minimum absolute atomic E-state index is 0.00115. The molecule has 1 amide bonds. The van der Waals surface area contributed by atoms with Crippen LogP contribution in [0.3, 0.4) is 0 Å². The third kappa shape index (κ3) is 3.69. The van der Waals surface area contributed by atoms with Gasteiger partial charge in [0.2, 0.25) is 5.91 Å². The molecule has 1 aliphatic heterocycles. The number of carbonyl (C=O) groups excluding carboxylic acids is 2. The number of amides is 1. The van der Waals surface area contributed by atoms with E-state index in [2.05, 4.69) is 0 Å². The highest BCUT2D eigenvalue weighted by atomic mass is 35.5. The number of hydrogen-bond donors (Lipinski definition) is 0. The predicted molar refractivity (Wildman–Crippen MR) is 104 cm³/mol. The Balaban J connectivity index is 1.85. The molecule has 2 aromatic rings. The highest BCUT2D eigenvalue weighted by Crippen LogP contribution is 2.44. The second-order valence-corrected chi connectivity index (χ2v) is 7.66. The van der Waals surface area contributed by atoms with Gasteiger partial charge in [-0.05, 0) is 48.7 Å². The average Bonchev–Trinajstić information content (AvgIpc) is 2.67. The summed E-state index contributed by atoms with van der Waals surface area (Å²) in [5.41, 5.74) is 1.08. The number of Topliss-reactive ketones (excluding diaryl/α,β-unsaturated/α-hetero) is 1. The van der Waals surface area contributed by atoms with Crippen LogP contribution in [-0.4, -0.2) is 11.7 Å². The number of carbonyl (C=O) groups is 2. The largest absolute Gasteiger partial charge is 0.416 e. The SMILES string of the molecule is O=C1CCCC2=C1C(c1cccc(Cl)c1)CC(=O)N2c1cccc(C(F)(F)F)c1. The highest BCUT2D eigenvalue weighted by molar-refractivity contribution is 6.30. The molecule has 0 saturated carbocycles. The molecule has 150 valence electrons. The van der Waals surface area contributed by atoms with Gasteiger partial charge in [-0.1, -0.05) is 29.8 Å². The first-order valence-electron chi connectivity index (χ1n) is 9.27. The molecule has 0 spiro atoms. The van der Waals surface area contributed by atoms with E-state index in [1.165, 1.54) is 17.0 Å². The van der Waals surface area contributed by atoms with Gasteiger partial charge in [-0.15, -0.1) is 0 Å². The molecule has 7 heteroatoms. The molecule has 2 aromatic carbocycles. The van der Waals surface area contributed by atoms with Crippen LogP contribution in [0.15, 0.2) is 59.8 Å². The summed E-state index contributed by atoms with van der Waals surface area (Å²) in [5, 5.41) is 0.501. The zero-order valence-corrected chi connectivity index (χ0v) is 16.1. The second-order valence-electron chi connectivity index (χ2n) is 7.23. The summed E-state index contributed by atoms with van der Waals surface area (Å²) in [7, 11) is 0. The van der Waals surface area contributed by atoms with Gasteiger partial charge in [-0.25, -0.2) is 0 Å². The molecule has 0 aromatic heterocycles. The third-order valence-electron chi connectivity index (χ3n) is 5.36. The zero-order valence-electron chi connectivity index (χ0n) is 15.3. The molecule has 1 heterocycles. The lowest BCUT2D eigenvalue weighted by Crippen LogP contribution is -2.40. The highest BCUT2D eigenvalue weighted by Gasteiger charge is 2.40. The number of allylic oxidation sites excluding steroid dienone is 2. The average molecular weight is 420 g/mol. The molecule has 1 atom stereocenters. The Morgan fingerprint density at radius 3 is 2.48 bits per heavy atom. The van der Waals surface area contributed by atoms with Gasteiger partial charge in [0.15, 0.2) is 5.78 Å². The molecule has 1 unspecified atom stereocenters. The number of rotatable bonds is 2. The molecule has 0 radical (unpaired) electrons. The Morgan fingerprint density at radius 1 is 1.00 bits per heavy atom. The standard InChI is InChI=1S/C22H17ClF3NO2/c23-15-6-1-4-13(10-15)17-12-20(29)27(18-8-3-9-19(28)21(17)18)16-7-2-5-14(11-16)22(24,25)26/h1-2,4-7,10-11,17H,3,8-9,12H2. The first-order chi connectivity index (χ1) is 13.8. The number of anilines is 1. The van der Waals surface area contributed by atoms with Crippen LogP contribution in [-0.2, 0) is 15.8 Å². The quantitative estimate of drug-likeness (QED) is 0.609. The van der Waals surface area contributed by atoms with Crippen LogP contribution < -0.4 is 4.90 Å². The van der Waals surface area contributed by atoms with E-state index in [9.17, 15) is 22.8 Å². The van der Waals surface area contributed by atoms with E-state index in [4.69, 9.17) is 11.6 Å². The molecule has 4 rings (SSSR count). The van der Waals surface area contributed by atoms with E-state index in [-0.39, 0.29) is 23.8 Å². The minimum atomic E-state index is -4.52. The molecular weight excluding hydrogens is 403 g/mol. The number of nitrogens with zero attached hydrogens (tertiary/aromatic N) is 1. The fourth-order valence-electron chi connectivity index (χ4n) is 4.12. The van der Waals surface area contributed by atoms with Crippen LogP contribution in [0.5, 0.6) is 0 Å². The number of ketones is 1. The zero-order chi connectivity index (χ0) is 20.8. The summed E-state index contributed by atoms with van der Waals surface area (Å²) in [6.07, 6.45) is -3.14. The van der Waals surface area contributed by atoms with Crippen molar-refractivity contribution in [2.75, 3.05) is 4.90 Å². The van der Waals surface area contributed by atoms with Crippen molar-refractivity contribution in [2.45, 2.75) is 37.8 Å². The van der Waals surface area contributed by atoms with Gasteiger partial charge < -0.3 is 0 Å². The summed E-state index contributed by atoms with van der Waals surface area (Å²) >= 11 is 6.09. The van der Waals surface area contributed by atoms with Crippen molar-refractivity contribution in [3.63, 3.8) is 0 Å². The lowest BCUT2D eigenvalue weighted by Gasteiger charge is -2.38. The van der Waals surface area contributed by atoms with Crippen molar-refractivity contribution in [3.8, 4) is 0 Å². The molecule has 0 saturated heterocycles. The molecule has 1 aliphatic carbocycles. The van der Waals surface area contributed by atoms with E-state index in [0.717, 1.165) is 17.7 Å². The summed E-state index contributed by atoms with van der Waals surface area (Å²) in [6.45, 7) is 0. The number of benzene rings is 2. The third-order valence-corrected chi connectivity index (χ3v) is 5.59. The van der Waals surface area contributed by atoms with E-state index in [1.54, 1.807) is 18.2 Å². The van der Waals surface area contributed by atoms with Gasteiger partial charge in [0, 0.05) is 40.7 Å². The monoisotopic (exact) mass is 419 g/mol. The Hall–Kier alpha value is -2.60. The van der Waals surface area contributed by atoms with Gasteiger partial charge in [0.05, 0.1) is 5.56 Å². The fourth-order valence-corrected chi connectivity index (χ4v) is 4.32. The van der Waals surface area contributed by atoms with Gasteiger partial charge in [-0.3, -0.25) is 14.5 Å². The van der Waals surface area contributed by atoms with Gasteiger partial charge >= 0.3 is 6.18 Å². The van der Waals surface area contributed by atoms with Crippen molar-refractivity contribution in [1.29, 1.82) is 0 Å². The van der Waals surface area contributed by atoms with Crippen molar-refractivity contribution in [1.82, 2.24) is 0 Å². The second kappa shape index (κ2) is 7.34. The minimum Gasteiger partial charge on any atom is -0.294 e. The number of hydrogen-bond acceptors (Lipinski definition) is 2. The van der Waals surface area contributed by atoms with Crippen molar-refractivity contribution in [2.24, 2.45) is 0 Å². The summed E-state index contributed by atoms with van der Waals surface area (Å²) in [6, 6.07) is 11.7. The van der Waals surface area contributed by atoms with Crippen molar-refractivity contribution >= 4 is 29.0 Å². The van der Waals surface area contributed by atoms with Crippen LogP contribution in [0.25, 0.3) is 0 Å². The Bertz CT molecular complexity index is 1030. The smallest absolute Gasteiger partial charge is 0.294 e. The molecule has 0 bridgehead atoms. The molecule has 0 N–H and O–H groups in total. The maximum atomic E-state index is 13.2. The molecule has 29 heavy (non-hydrogen) atoms. The summed E-state index contributed by atoms with van der Waals surface area (Å²) < 4.78 is 39.5. The molecule has 3 nitrogen and oxygen atoms in total. The lowest BCUT2D eigenvalue weighted by molar-refractivity contribution is -0.137. The first-order valence-corrected chi connectivity index (χ1v) is 9.65.